The van der Waals surface area contributed by atoms with Crippen LogP contribution in [0.1, 0.15) is 126 Å². The Morgan fingerprint density at radius 2 is 0.461 bits per heavy atom. The highest BCUT2D eigenvalue weighted by molar-refractivity contribution is 7.98. The maximum atomic E-state index is 6.00. The van der Waals surface area contributed by atoms with E-state index < -0.39 is 0 Å². The quantitative estimate of drug-likeness (QED) is 0.0563. The third-order valence-corrected chi connectivity index (χ3v) is 25.2. The van der Waals surface area contributed by atoms with Crippen molar-refractivity contribution in [2.24, 2.45) is 0 Å². The lowest BCUT2D eigenvalue weighted by Crippen LogP contribution is -2.23. The van der Waals surface area contributed by atoms with Crippen molar-refractivity contribution in [3.05, 3.63) is 339 Å². The number of unbranched alkanes of at least 4 members (excludes halogenated alkanes) is 1. The Morgan fingerprint density at radius 1 is 0.255 bits per heavy atom. The standard InChI is InChI=1S/C26H31O2S.C24H25S.2C22H23OS/c1-25(2,3)27-20-12-16-23(17-13-20)29(22-10-8-7-9-11-22)24-18-14-21(15-19-24)28-26(4,5)6;1-4-10-20(11-5-1)21-16-18-24(19-17-21)25(22-12-6-2-7-13-22)23-14-8-3-9-15-23;1-22(2,3)23-18-14-16-21(17-15-18)24(19-10-6-4-7-11-19)20-12-8-5-9-13-20;1-2-3-18-23-19-14-16-22(17-15-19)24(20-10-6-4-7-11-20)21-12-8-5-9-13-21/h7-19H,1-6H3;2-3,6-9,12-20H,1,4-5,10-11H2;4-17H,1-3H3;4-17H,2-3,18H2,1H3/q4*+1. The summed E-state index contributed by atoms with van der Waals surface area (Å²) in [6.45, 7) is 21.6. The Morgan fingerprint density at radius 3 is 0.676 bits per heavy atom. The summed E-state index contributed by atoms with van der Waals surface area (Å²) in [4.78, 5) is 16.0. The van der Waals surface area contributed by atoms with Gasteiger partial charge in [0.05, 0.1) is 50.2 Å². The van der Waals surface area contributed by atoms with Crippen molar-refractivity contribution in [2.45, 2.75) is 196 Å². The summed E-state index contributed by atoms with van der Waals surface area (Å²) in [5, 5.41) is 0. The van der Waals surface area contributed by atoms with Crippen LogP contribution in [0.5, 0.6) is 23.0 Å². The molecule has 13 rings (SSSR count). The monoisotopic (exact) mass is 1420 g/mol. The molecule has 0 bridgehead atoms. The second kappa shape index (κ2) is 38.0. The van der Waals surface area contributed by atoms with Gasteiger partial charge in [0.25, 0.3) is 0 Å². The molecular weight excluding hydrogens is 1320 g/mol. The molecule has 0 N–H and O–H groups in total. The number of ether oxygens (including phenoxy) is 4. The molecule has 0 amide bonds. The number of benzene rings is 12. The van der Waals surface area contributed by atoms with Crippen molar-refractivity contribution in [2.75, 3.05) is 6.61 Å². The molecule has 12 aromatic carbocycles. The van der Waals surface area contributed by atoms with Gasteiger partial charge in [-0.15, -0.1) is 0 Å². The molecule has 1 aliphatic rings. The van der Waals surface area contributed by atoms with E-state index in [-0.39, 0.29) is 60.4 Å². The Hall–Kier alpha value is -8.76. The summed E-state index contributed by atoms with van der Waals surface area (Å²) in [6, 6.07) is 119. The zero-order chi connectivity index (χ0) is 71.6. The third-order valence-electron chi connectivity index (χ3n) is 16.3. The van der Waals surface area contributed by atoms with Gasteiger partial charge in [-0.3, -0.25) is 0 Å². The first-order valence-electron chi connectivity index (χ1n) is 36.0. The van der Waals surface area contributed by atoms with E-state index in [9.17, 15) is 0 Å². The minimum atomic E-state index is -0.203. The summed E-state index contributed by atoms with van der Waals surface area (Å²) >= 11 is 0. The minimum Gasteiger partial charge on any atom is -0.494 e. The van der Waals surface area contributed by atoms with Gasteiger partial charge in [-0.2, -0.15) is 0 Å². The summed E-state index contributed by atoms with van der Waals surface area (Å²) in [6.07, 6.45) is 9.18. The molecule has 1 fully saturated rings. The highest BCUT2D eigenvalue weighted by atomic mass is 32.2. The molecule has 0 heterocycles. The smallest absolute Gasteiger partial charge is 0.166 e. The summed E-state index contributed by atoms with van der Waals surface area (Å²) in [5.41, 5.74) is 0.951. The largest absolute Gasteiger partial charge is 0.494 e. The maximum Gasteiger partial charge on any atom is 0.166 e. The van der Waals surface area contributed by atoms with E-state index in [0.717, 1.165) is 48.4 Å². The first kappa shape index (κ1) is 75.9. The first-order valence-corrected chi connectivity index (χ1v) is 40.9. The fourth-order valence-corrected chi connectivity index (χ4v) is 20.2. The Labute approximate surface area is 622 Å². The van der Waals surface area contributed by atoms with Crippen LogP contribution in [-0.2, 0) is 43.6 Å². The first-order chi connectivity index (χ1) is 49.4. The highest BCUT2D eigenvalue weighted by Crippen LogP contribution is 2.39. The van der Waals surface area contributed by atoms with Crippen LogP contribution in [0.4, 0.5) is 0 Å². The lowest BCUT2D eigenvalue weighted by Gasteiger charge is -2.22. The normalized spacial score (nSPS) is 12.5. The van der Waals surface area contributed by atoms with E-state index in [2.05, 4.69) is 403 Å². The van der Waals surface area contributed by atoms with Gasteiger partial charge < -0.3 is 18.9 Å². The molecule has 0 spiro atoms. The van der Waals surface area contributed by atoms with Gasteiger partial charge in [-0.1, -0.05) is 172 Å². The van der Waals surface area contributed by atoms with Crippen molar-refractivity contribution in [1.29, 1.82) is 0 Å². The van der Waals surface area contributed by atoms with Crippen LogP contribution in [0.25, 0.3) is 0 Å². The summed E-state index contributed by atoms with van der Waals surface area (Å²) in [7, 11) is -0.404. The fraction of sp³-hybridized carbons (Fsp3) is 0.234. The number of hydrogen-bond donors (Lipinski definition) is 0. The van der Waals surface area contributed by atoms with Gasteiger partial charge in [-0.25, -0.2) is 0 Å². The van der Waals surface area contributed by atoms with Crippen LogP contribution in [0, 0.1) is 0 Å². The molecule has 102 heavy (non-hydrogen) atoms. The Kier molecular flexibility index (Phi) is 28.2. The SMILES string of the molecule is CC(C)(C)Oc1ccc([S+](c2ccccc2)c2ccc(OC(C)(C)C)cc2)cc1.CC(C)(C)Oc1ccc([S+](c2ccccc2)c2ccccc2)cc1.CCCCOc1ccc([S+](c2ccccc2)c2ccccc2)cc1.c1ccc([S+](c2ccccc2)c2ccc(C3CCCCC3)cc2)cc1. The van der Waals surface area contributed by atoms with Gasteiger partial charge in [0, 0.05) is 0 Å². The molecule has 4 nitrogen and oxygen atoms in total. The molecule has 0 radical (unpaired) electrons. The van der Waals surface area contributed by atoms with E-state index in [0.29, 0.717) is 0 Å². The molecule has 0 unspecified atom stereocenters. The van der Waals surface area contributed by atoms with Gasteiger partial charge in [0.1, 0.15) is 39.8 Å². The fourth-order valence-electron chi connectivity index (χ4n) is 11.8. The molecule has 0 aromatic heterocycles. The van der Waals surface area contributed by atoms with Crippen LogP contribution in [0.15, 0.2) is 392 Å². The predicted molar refractivity (Wildman–Crippen MR) is 433 cm³/mol. The van der Waals surface area contributed by atoms with Gasteiger partial charge >= 0.3 is 0 Å². The average Bonchev–Trinajstić information content (AvgIpc) is 0.846. The van der Waals surface area contributed by atoms with Gasteiger partial charge in [-0.05, 0) is 287 Å². The van der Waals surface area contributed by atoms with E-state index in [1.165, 1.54) is 96.4 Å². The molecule has 0 atom stereocenters. The molecule has 1 aliphatic carbocycles. The van der Waals surface area contributed by atoms with Gasteiger partial charge in [0.15, 0.2) is 58.7 Å². The lowest BCUT2D eigenvalue weighted by molar-refractivity contribution is 0.130. The molecular formula is C94H102O4S4+4. The van der Waals surface area contributed by atoms with E-state index in [1.807, 2.05) is 0 Å². The molecule has 12 aromatic rings. The zero-order valence-electron chi connectivity index (χ0n) is 61.3. The van der Waals surface area contributed by atoms with Gasteiger partial charge in [0.2, 0.25) is 0 Å². The Bertz CT molecular complexity index is 4120. The molecule has 1 saturated carbocycles. The van der Waals surface area contributed by atoms with Crippen molar-refractivity contribution in [3.8, 4) is 23.0 Å². The van der Waals surface area contributed by atoms with Crippen molar-refractivity contribution >= 4 is 43.6 Å². The number of hydrogen-bond acceptors (Lipinski definition) is 4. The van der Waals surface area contributed by atoms with Crippen LogP contribution in [0.2, 0.25) is 0 Å². The second-order valence-electron chi connectivity index (χ2n) is 28.1. The zero-order valence-corrected chi connectivity index (χ0v) is 64.5. The molecule has 0 saturated heterocycles. The summed E-state index contributed by atoms with van der Waals surface area (Å²) in [5.74, 6) is 4.43. The van der Waals surface area contributed by atoms with Crippen molar-refractivity contribution < 1.29 is 18.9 Å². The van der Waals surface area contributed by atoms with Crippen LogP contribution in [-0.4, -0.2) is 23.4 Å². The number of rotatable bonds is 20. The summed E-state index contributed by atoms with van der Waals surface area (Å²) < 4.78 is 23.7. The Balaban J connectivity index is 0.000000147. The highest BCUT2D eigenvalue weighted by Gasteiger charge is 2.33. The van der Waals surface area contributed by atoms with Crippen LogP contribution < -0.4 is 18.9 Å². The van der Waals surface area contributed by atoms with Crippen molar-refractivity contribution in [3.63, 3.8) is 0 Å². The molecule has 522 valence electrons. The third kappa shape index (κ3) is 23.7. The molecule has 0 aliphatic heterocycles. The second-order valence-corrected chi connectivity index (χ2v) is 36.2. The lowest BCUT2D eigenvalue weighted by atomic mass is 9.84. The van der Waals surface area contributed by atoms with Crippen LogP contribution >= 0.6 is 0 Å². The topological polar surface area (TPSA) is 36.9 Å². The van der Waals surface area contributed by atoms with Crippen molar-refractivity contribution in [1.82, 2.24) is 0 Å². The maximum absolute atomic E-state index is 6.00. The van der Waals surface area contributed by atoms with Crippen LogP contribution in [0.3, 0.4) is 0 Å². The van der Waals surface area contributed by atoms with E-state index in [4.69, 9.17) is 18.9 Å². The molecule has 8 heteroatoms. The van der Waals surface area contributed by atoms with E-state index in [1.54, 1.807) is 0 Å². The predicted octanol–water partition coefficient (Wildman–Crippen LogP) is 25.9. The van der Waals surface area contributed by atoms with E-state index >= 15 is 0 Å². The minimum absolute atomic E-state index is 0.0278. The average molecular weight is 1420 g/mol.